The van der Waals surface area contributed by atoms with E-state index in [0.29, 0.717) is 11.7 Å². The van der Waals surface area contributed by atoms with Gasteiger partial charge in [-0.3, -0.25) is 4.79 Å². The monoisotopic (exact) mass is 191 g/mol. The first-order valence-corrected chi connectivity index (χ1v) is 4.74. The van der Waals surface area contributed by atoms with E-state index in [1.807, 2.05) is 12.1 Å². The van der Waals surface area contributed by atoms with Crippen LogP contribution in [0.4, 0.5) is 0 Å². The molecule has 1 aliphatic rings. The number of hydrogen-bond acceptors (Lipinski definition) is 2. The lowest BCUT2D eigenvalue weighted by Crippen LogP contribution is -2.04. The molecule has 3 heteroatoms. The highest BCUT2D eigenvalue weighted by atomic mass is 16.3. The third kappa shape index (κ3) is 1.87. The van der Waals surface area contributed by atoms with Gasteiger partial charge in [0.05, 0.1) is 0 Å². The Balaban J connectivity index is 2.06. The first kappa shape index (κ1) is 9.06. The Kier molecular flexibility index (Phi) is 2.15. The summed E-state index contributed by atoms with van der Waals surface area (Å²) in [6, 6.07) is 3.83. The Morgan fingerprint density at radius 3 is 2.93 bits per heavy atom. The van der Waals surface area contributed by atoms with Crippen LogP contribution in [0.2, 0.25) is 0 Å². The zero-order valence-corrected chi connectivity index (χ0v) is 8.07. The second kappa shape index (κ2) is 3.33. The predicted octanol–water partition coefficient (Wildman–Crippen LogP) is 1.90. The fourth-order valence-corrected chi connectivity index (χ4v) is 1.54. The predicted molar refractivity (Wildman–Crippen MR) is 53.5 cm³/mol. The Labute approximate surface area is 82.6 Å². The summed E-state index contributed by atoms with van der Waals surface area (Å²) in [6.45, 7) is 2.20. The Morgan fingerprint density at radius 1 is 1.64 bits per heavy atom. The van der Waals surface area contributed by atoms with Gasteiger partial charge in [-0.25, -0.2) is 0 Å². The number of hydrogen-bond donors (Lipinski definition) is 1. The minimum absolute atomic E-state index is 0.456. The van der Waals surface area contributed by atoms with Crippen LogP contribution in [-0.4, -0.2) is 5.91 Å². The van der Waals surface area contributed by atoms with Crippen molar-refractivity contribution < 1.29 is 9.21 Å². The molecule has 0 aromatic carbocycles. The van der Waals surface area contributed by atoms with Crippen molar-refractivity contribution in [3.8, 4) is 0 Å². The maximum Gasteiger partial charge on any atom is 0.241 e. The molecular formula is C11H13NO2. The highest BCUT2D eigenvalue weighted by Crippen LogP contribution is 2.47. The first-order valence-electron chi connectivity index (χ1n) is 4.74. The van der Waals surface area contributed by atoms with Crippen LogP contribution in [0.1, 0.15) is 30.8 Å². The molecule has 0 bridgehead atoms. The molecule has 1 aliphatic carbocycles. The van der Waals surface area contributed by atoms with Crippen LogP contribution in [0.5, 0.6) is 0 Å². The number of amides is 1. The summed E-state index contributed by atoms with van der Waals surface area (Å²) < 4.78 is 5.53. The lowest BCUT2D eigenvalue weighted by atomic mass is 10.3. The summed E-state index contributed by atoms with van der Waals surface area (Å²) in [5.41, 5.74) is 4.97. The average molecular weight is 191 g/mol. The van der Waals surface area contributed by atoms with Crippen LogP contribution in [0.15, 0.2) is 22.6 Å². The molecule has 1 fully saturated rings. The van der Waals surface area contributed by atoms with E-state index in [-0.39, 0.29) is 0 Å². The van der Waals surface area contributed by atoms with Crippen LogP contribution in [-0.2, 0) is 4.79 Å². The molecule has 0 aliphatic heterocycles. The van der Waals surface area contributed by atoms with E-state index in [1.54, 1.807) is 6.08 Å². The number of nitrogens with two attached hydrogens (primary N) is 1. The summed E-state index contributed by atoms with van der Waals surface area (Å²) in [4.78, 5) is 10.5. The first-order chi connectivity index (χ1) is 6.66. The van der Waals surface area contributed by atoms with Gasteiger partial charge in [-0.2, -0.15) is 0 Å². The second-order valence-electron chi connectivity index (χ2n) is 3.80. The van der Waals surface area contributed by atoms with Crippen molar-refractivity contribution in [3.63, 3.8) is 0 Å². The standard InChI is InChI=1S/C11H13NO2/c1-7-6-9(7)10-4-2-8(14-10)3-5-11(12)13/h2-5,7,9H,6H2,1H3,(H2,12,13)/b5-3-/t7-,9+/m1/s1. The van der Waals surface area contributed by atoms with E-state index in [1.165, 1.54) is 12.5 Å². The highest BCUT2D eigenvalue weighted by molar-refractivity contribution is 5.89. The van der Waals surface area contributed by atoms with Gasteiger partial charge in [-0.1, -0.05) is 6.92 Å². The molecule has 0 radical (unpaired) electrons. The summed E-state index contributed by atoms with van der Waals surface area (Å²) in [7, 11) is 0. The Morgan fingerprint density at radius 2 is 2.36 bits per heavy atom. The zero-order valence-electron chi connectivity index (χ0n) is 8.07. The van der Waals surface area contributed by atoms with Crippen LogP contribution < -0.4 is 5.73 Å². The highest BCUT2D eigenvalue weighted by Gasteiger charge is 2.36. The van der Waals surface area contributed by atoms with Gasteiger partial charge in [0.2, 0.25) is 5.91 Å². The second-order valence-corrected chi connectivity index (χ2v) is 3.80. The van der Waals surface area contributed by atoms with Crippen LogP contribution in [0.3, 0.4) is 0 Å². The van der Waals surface area contributed by atoms with Crippen LogP contribution in [0, 0.1) is 5.92 Å². The minimum atomic E-state index is -0.456. The van der Waals surface area contributed by atoms with E-state index in [4.69, 9.17) is 10.2 Å². The van der Waals surface area contributed by atoms with Gasteiger partial charge < -0.3 is 10.2 Å². The molecule has 1 aromatic rings. The van der Waals surface area contributed by atoms with E-state index in [0.717, 1.165) is 11.7 Å². The SMILES string of the molecule is C[C@@H]1C[C@@H]1c1ccc(/C=C\C(N)=O)o1. The lowest BCUT2D eigenvalue weighted by molar-refractivity contribution is -0.113. The smallest absolute Gasteiger partial charge is 0.241 e. The number of carbonyl (C=O) groups excluding carboxylic acids is 1. The number of rotatable bonds is 3. The van der Waals surface area contributed by atoms with E-state index in [2.05, 4.69) is 6.92 Å². The maximum absolute atomic E-state index is 10.5. The molecule has 74 valence electrons. The molecule has 2 atom stereocenters. The maximum atomic E-state index is 10.5. The van der Waals surface area contributed by atoms with Crippen molar-refractivity contribution >= 4 is 12.0 Å². The van der Waals surface area contributed by atoms with E-state index >= 15 is 0 Å². The lowest BCUT2D eigenvalue weighted by Gasteiger charge is -1.89. The van der Waals surface area contributed by atoms with E-state index in [9.17, 15) is 4.79 Å². The van der Waals surface area contributed by atoms with Gasteiger partial charge in [-0.15, -0.1) is 0 Å². The van der Waals surface area contributed by atoms with Crippen molar-refractivity contribution in [1.82, 2.24) is 0 Å². The number of carbonyl (C=O) groups is 1. The van der Waals surface area contributed by atoms with Crippen LogP contribution in [0.25, 0.3) is 6.08 Å². The summed E-state index contributed by atoms with van der Waals surface area (Å²) >= 11 is 0. The minimum Gasteiger partial charge on any atom is -0.461 e. The number of primary amides is 1. The third-order valence-corrected chi connectivity index (χ3v) is 2.53. The molecule has 1 amide bonds. The molecule has 0 spiro atoms. The Hall–Kier alpha value is -1.51. The molecule has 2 rings (SSSR count). The van der Waals surface area contributed by atoms with Gasteiger partial charge in [0.15, 0.2) is 0 Å². The fraction of sp³-hybridized carbons (Fsp3) is 0.364. The van der Waals surface area contributed by atoms with Crippen molar-refractivity contribution in [2.45, 2.75) is 19.3 Å². The van der Waals surface area contributed by atoms with Crippen molar-refractivity contribution in [3.05, 3.63) is 29.7 Å². The Bertz CT molecular complexity index is 378. The van der Waals surface area contributed by atoms with Crippen molar-refractivity contribution in [2.75, 3.05) is 0 Å². The zero-order chi connectivity index (χ0) is 10.1. The quantitative estimate of drug-likeness (QED) is 0.742. The van der Waals surface area contributed by atoms with Gasteiger partial charge in [0, 0.05) is 12.0 Å². The van der Waals surface area contributed by atoms with Gasteiger partial charge in [0.1, 0.15) is 11.5 Å². The topological polar surface area (TPSA) is 56.2 Å². The molecule has 2 N–H and O–H groups in total. The number of furan rings is 1. The normalized spacial score (nSPS) is 25.5. The van der Waals surface area contributed by atoms with Gasteiger partial charge in [0.25, 0.3) is 0 Å². The van der Waals surface area contributed by atoms with Gasteiger partial charge in [-0.05, 0) is 30.5 Å². The van der Waals surface area contributed by atoms with Crippen molar-refractivity contribution in [1.29, 1.82) is 0 Å². The van der Waals surface area contributed by atoms with Crippen LogP contribution >= 0.6 is 0 Å². The molecule has 3 nitrogen and oxygen atoms in total. The fourth-order valence-electron chi connectivity index (χ4n) is 1.54. The molecular weight excluding hydrogens is 178 g/mol. The van der Waals surface area contributed by atoms with Crippen molar-refractivity contribution in [2.24, 2.45) is 11.7 Å². The molecule has 0 unspecified atom stereocenters. The average Bonchev–Trinajstić information content (AvgIpc) is 2.68. The molecule has 1 saturated carbocycles. The molecule has 1 heterocycles. The summed E-state index contributed by atoms with van der Waals surface area (Å²) in [5, 5.41) is 0. The molecule has 0 saturated heterocycles. The van der Waals surface area contributed by atoms with Gasteiger partial charge >= 0.3 is 0 Å². The molecule has 1 aromatic heterocycles. The molecule has 14 heavy (non-hydrogen) atoms. The third-order valence-electron chi connectivity index (χ3n) is 2.53. The largest absolute Gasteiger partial charge is 0.461 e. The summed E-state index contributed by atoms with van der Waals surface area (Å²) in [5.74, 6) is 2.56. The summed E-state index contributed by atoms with van der Waals surface area (Å²) in [6.07, 6.45) is 4.10. The van der Waals surface area contributed by atoms with E-state index < -0.39 is 5.91 Å².